The molecule has 2 unspecified atom stereocenters. The zero-order valence-corrected chi connectivity index (χ0v) is 61.7. The summed E-state index contributed by atoms with van der Waals surface area (Å²) < 4.78 is 34.4. The Bertz CT molecular complexity index is 1770. The van der Waals surface area contributed by atoms with Crippen LogP contribution in [0.5, 0.6) is 0 Å². The van der Waals surface area contributed by atoms with Gasteiger partial charge in [-0.25, -0.2) is 0 Å². The molecule has 9 nitrogen and oxygen atoms in total. The maximum atomic E-state index is 12.9. The number of carbonyl (C=O) groups is 2. The molecule has 0 aliphatic heterocycles. The fraction of sp³-hybridized carbons (Fsp3) is 0.827. The minimum atomic E-state index is -4.65. The van der Waals surface area contributed by atoms with Crippen molar-refractivity contribution in [1.82, 2.24) is 0 Å². The zero-order valence-electron chi connectivity index (χ0n) is 60.8. The van der Waals surface area contributed by atoms with Gasteiger partial charge in [-0.15, -0.1) is 0 Å². The van der Waals surface area contributed by atoms with Crippen LogP contribution in [0.25, 0.3) is 0 Å². The van der Waals surface area contributed by atoms with Crippen molar-refractivity contribution in [3.8, 4) is 0 Å². The Labute approximate surface area is 565 Å². The van der Waals surface area contributed by atoms with Gasteiger partial charge in [-0.3, -0.25) is 14.2 Å². The second-order valence-corrected chi connectivity index (χ2v) is 29.1. The van der Waals surface area contributed by atoms with E-state index in [1.807, 2.05) is 21.1 Å². The second-order valence-electron chi connectivity index (χ2n) is 27.7. The lowest BCUT2D eigenvalue weighted by Crippen LogP contribution is -2.37. The Morgan fingerprint density at radius 1 is 0.352 bits per heavy atom. The summed E-state index contributed by atoms with van der Waals surface area (Å²) in [6.45, 7) is 4.19. The molecule has 0 heterocycles. The number of nitrogens with zero attached hydrogens (tertiary/aromatic N) is 1. The van der Waals surface area contributed by atoms with Crippen LogP contribution in [-0.2, 0) is 32.7 Å². The topological polar surface area (TPSA) is 111 Å². The van der Waals surface area contributed by atoms with Gasteiger partial charge in [0.1, 0.15) is 19.8 Å². The van der Waals surface area contributed by atoms with E-state index in [9.17, 15) is 19.0 Å². The fourth-order valence-electron chi connectivity index (χ4n) is 11.5. The maximum absolute atomic E-state index is 12.9. The molecule has 0 fully saturated rings. The molecule has 2 atom stereocenters. The number of carbonyl (C=O) groups excluding carboxylic acids is 2. The van der Waals surface area contributed by atoms with Crippen molar-refractivity contribution in [2.45, 2.75) is 386 Å². The molecule has 0 amide bonds. The third kappa shape index (κ3) is 76.4. The molecule has 0 saturated heterocycles. The van der Waals surface area contributed by atoms with Gasteiger partial charge in [-0.2, -0.15) is 0 Å². The molecule has 0 aromatic rings. The smallest absolute Gasteiger partial charge is 0.306 e. The number of likely N-dealkylation sites (N-methyl/N-ethyl adjacent to an activating group) is 1. The Morgan fingerprint density at radius 3 is 0.934 bits per heavy atom. The summed E-state index contributed by atoms with van der Waals surface area (Å²) in [6.07, 6.45) is 97.4. The molecule has 0 aromatic carbocycles. The molecule has 0 N–H and O–H groups in total. The van der Waals surface area contributed by atoms with Crippen LogP contribution in [0.15, 0.2) is 72.9 Å². The molecular formula is C81H150NO8P. The van der Waals surface area contributed by atoms with Gasteiger partial charge in [0.15, 0.2) is 6.10 Å². The number of hydrogen-bond acceptors (Lipinski definition) is 8. The molecule has 532 valence electrons. The highest BCUT2D eigenvalue weighted by Gasteiger charge is 2.22. The minimum absolute atomic E-state index is 0.0305. The number of phosphoric ester groups is 1. The Kier molecular flexibility index (Phi) is 69.7. The minimum Gasteiger partial charge on any atom is -0.756 e. The number of allylic oxidation sites excluding steroid dienone is 12. The highest BCUT2D eigenvalue weighted by atomic mass is 31.2. The normalized spacial score (nSPS) is 13.4. The zero-order chi connectivity index (χ0) is 66.2. The number of hydrogen-bond donors (Lipinski definition) is 0. The van der Waals surface area contributed by atoms with Gasteiger partial charge in [0, 0.05) is 12.8 Å². The third-order valence-electron chi connectivity index (χ3n) is 17.5. The first-order chi connectivity index (χ1) is 44.5. The molecule has 0 spiro atoms. The van der Waals surface area contributed by atoms with Crippen molar-refractivity contribution >= 4 is 19.8 Å². The lowest BCUT2D eigenvalue weighted by Gasteiger charge is -2.28. The summed E-state index contributed by atoms with van der Waals surface area (Å²) in [4.78, 5) is 38.2. The molecule has 0 bridgehead atoms. The average molecular weight is 1300 g/mol. The average Bonchev–Trinajstić information content (AvgIpc) is 3.62. The molecule has 91 heavy (non-hydrogen) atoms. The lowest BCUT2D eigenvalue weighted by molar-refractivity contribution is -0.870. The summed E-state index contributed by atoms with van der Waals surface area (Å²) in [7, 11) is 1.18. The van der Waals surface area contributed by atoms with Gasteiger partial charge in [-0.1, -0.05) is 376 Å². The molecule has 10 heteroatoms. The Hall–Kier alpha value is -2.55. The number of phosphoric acid groups is 1. The summed E-state index contributed by atoms with van der Waals surface area (Å²) in [6, 6.07) is 0. The van der Waals surface area contributed by atoms with E-state index in [0.29, 0.717) is 17.4 Å². The second kappa shape index (κ2) is 71.7. The predicted molar refractivity (Wildman–Crippen MR) is 393 cm³/mol. The molecule has 0 radical (unpaired) electrons. The molecule has 0 saturated carbocycles. The summed E-state index contributed by atoms with van der Waals surface area (Å²) in [5.74, 6) is -0.816. The van der Waals surface area contributed by atoms with Crippen LogP contribution in [-0.4, -0.2) is 70.0 Å². The molecule has 0 aromatic heterocycles. The number of rotatable bonds is 73. The highest BCUT2D eigenvalue weighted by molar-refractivity contribution is 7.45. The largest absolute Gasteiger partial charge is 0.756 e. The van der Waals surface area contributed by atoms with Crippen LogP contribution >= 0.6 is 7.82 Å². The van der Waals surface area contributed by atoms with Gasteiger partial charge in [0.05, 0.1) is 27.7 Å². The quantitative estimate of drug-likeness (QED) is 0.0195. The number of ether oxygens (including phenoxy) is 2. The monoisotopic (exact) mass is 1300 g/mol. The van der Waals surface area contributed by atoms with Gasteiger partial charge in [-0.05, 0) is 64.2 Å². The van der Waals surface area contributed by atoms with Gasteiger partial charge >= 0.3 is 11.9 Å². The van der Waals surface area contributed by atoms with E-state index in [1.165, 1.54) is 270 Å². The van der Waals surface area contributed by atoms with Crippen LogP contribution < -0.4 is 4.89 Å². The Balaban J connectivity index is 3.95. The molecule has 0 aliphatic carbocycles. The summed E-state index contributed by atoms with van der Waals surface area (Å²) >= 11 is 0. The van der Waals surface area contributed by atoms with Crippen molar-refractivity contribution in [3.63, 3.8) is 0 Å². The van der Waals surface area contributed by atoms with Crippen molar-refractivity contribution < 1.29 is 42.1 Å². The van der Waals surface area contributed by atoms with Gasteiger partial charge < -0.3 is 27.9 Å². The van der Waals surface area contributed by atoms with Crippen LogP contribution in [0.3, 0.4) is 0 Å². The van der Waals surface area contributed by atoms with Crippen LogP contribution in [0.1, 0.15) is 380 Å². The first-order valence-corrected chi connectivity index (χ1v) is 40.6. The maximum Gasteiger partial charge on any atom is 0.306 e. The standard InChI is InChI=1S/C81H150NO8P/c1-6-8-10-12-14-16-18-20-22-24-26-28-30-32-34-36-38-40-42-43-45-47-49-51-53-55-57-59-61-63-65-67-69-71-73-80(83)87-77-79(78-89-91(85,86)88-76-75-82(3,4)5)90-81(84)74-72-70-68-66-64-62-60-58-56-54-52-50-48-46-44-41-39-37-35-33-31-29-27-25-23-21-19-17-15-13-11-9-7-2/h9,11,15,17,21,23,27,29,33,35,39,41,79H,6-8,10,12-14,16,18-20,22,24-26,28,30-32,34,36-38,40,42-78H2,1-5H3/b11-9-,17-15-,23-21-,29-27-,35-33-,41-39-. The summed E-state index contributed by atoms with van der Waals surface area (Å²) in [5, 5.41) is 0. The van der Waals surface area contributed by atoms with E-state index in [4.69, 9.17) is 18.5 Å². The highest BCUT2D eigenvalue weighted by Crippen LogP contribution is 2.38. The van der Waals surface area contributed by atoms with E-state index in [1.54, 1.807) is 0 Å². The van der Waals surface area contributed by atoms with E-state index < -0.39 is 26.5 Å². The first kappa shape index (κ1) is 88.5. The van der Waals surface area contributed by atoms with Gasteiger partial charge in [0.25, 0.3) is 7.82 Å². The first-order valence-electron chi connectivity index (χ1n) is 39.1. The number of unbranched alkanes of at least 4 members (excludes halogenated alkanes) is 47. The van der Waals surface area contributed by atoms with E-state index in [2.05, 4.69) is 86.8 Å². The van der Waals surface area contributed by atoms with Crippen molar-refractivity contribution in [2.75, 3.05) is 47.5 Å². The predicted octanol–water partition coefficient (Wildman–Crippen LogP) is 25.3. The molecular weight excluding hydrogens is 1150 g/mol. The lowest BCUT2D eigenvalue weighted by atomic mass is 10.0. The number of quaternary nitrogens is 1. The van der Waals surface area contributed by atoms with Crippen molar-refractivity contribution in [3.05, 3.63) is 72.9 Å². The number of esters is 2. The van der Waals surface area contributed by atoms with Crippen LogP contribution in [0.4, 0.5) is 0 Å². The van der Waals surface area contributed by atoms with Crippen molar-refractivity contribution in [1.29, 1.82) is 0 Å². The van der Waals surface area contributed by atoms with Crippen LogP contribution in [0.2, 0.25) is 0 Å². The van der Waals surface area contributed by atoms with Gasteiger partial charge in [0.2, 0.25) is 0 Å². The van der Waals surface area contributed by atoms with E-state index in [0.717, 1.165) is 77.0 Å². The third-order valence-corrected chi connectivity index (χ3v) is 18.5. The van der Waals surface area contributed by atoms with E-state index >= 15 is 0 Å². The molecule has 0 rings (SSSR count). The Morgan fingerprint density at radius 2 is 0.626 bits per heavy atom. The van der Waals surface area contributed by atoms with Crippen LogP contribution in [0, 0.1) is 0 Å². The SMILES string of the molecule is CC/C=C\C/C=C\C/C=C\C/C=C\C/C=C\C/C=C\CCCCCCCCCCCCCCCCC(=O)OC(COC(=O)CCCCCCCCCCCCCCCCCCCCCCCCCCCCCCCCCCCC)COP(=O)([O-])OCC[N+](C)(C)C. The molecule has 0 aliphatic rings. The van der Waals surface area contributed by atoms with E-state index in [-0.39, 0.29) is 32.0 Å². The summed E-state index contributed by atoms with van der Waals surface area (Å²) in [5.41, 5.74) is 0. The van der Waals surface area contributed by atoms with Crippen molar-refractivity contribution in [2.24, 2.45) is 0 Å². The fourth-order valence-corrected chi connectivity index (χ4v) is 12.3.